The maximum absolute atomic E-state index is 13.8. The average molecular weight is 536 g/mol. The Morgan fingerprint density at radius 3 is 2.21 bits per heavy atom. The molecule has 28 heavy (non-hydrogen) atoms. The van der Waals surface area contributed by atoms with Gasteiger partial charge in [0.05, 0.1) is 0 Å². The van der Waals surface area contributed by atoms with Gasteiger partial charge in [-0.3, -0.25) is 4.79 Å². The minimum absolute atomic E-state index is 0.00729. The number of halogens is 10. The fourth-order valence-electron chi connectivity index (χ4n) is 2.46. The van der Waals surface area contributed by atoms with Crippen molar-refractivity contribution >= 4 is 28.6 Å². The highest BCUT2D eigenvalue weighted by Gasteiger charge is 2.72. The van der Waals surface area contributed by atoms with Crippen molar-refractivity contribution in [3.05, 3.63) is 33.5 Å². The quantitative estimate of drug-likeness (QED) is 0.166. The summed E-state index contributed by atoms with van der Waals surface area (Å²) in [5.74, 6) is -19.0. The van der Waals surface area contributed by atoms with Crippen LogP contribution in [0.4, 0.5) is 39.5 Å². The van der Waals surface area contributed by atoms with Crippen molar-refractivity contribution in [1.29, 1.82) is 0 Å². The van der Waals surface area contributed by atoms with E-state index in [0.29, 0.717) is 12.2 Å². The van der Waals surface area contributed by atoms with Gasteiger partial charge in [-0.2, -0.15) is 30.7 Å². The molecule has 1 N–H and O–H groups in total. The number of hydrogen-bond donors (Lipinski definition) is 1. The van der Waals surface area contributed by atoms with Crippen LogP contribution in [-0.4, -0.2) is 35.0 Å². The van der Waals surface area contributed by atoms with Gasteiger partial charge in [-0.1, -0.05) is 12.2 Å². The molecular formula is C16H14F9IO2. The Morgan fingerprint density at radius 1 is 1.14 bits per heavy atom. The number of hydrogen-bond acceptors (Lipinski definition) is 1. The molecule has 0 aromatic rings. The van der Waals surface area contributed by atoms with Crippen LogP contribution in [0.1, 0.15) is 25.7 Å². The first kappa shape index (κ1) is 24.8. The van der Waals surface area contributed by atoms with Crippen LogP contribution in [0.2, 0.25) is 0 Å². The molecule has 1 rings (SSSR count). The van der Waals surface area contributed by atoms with Gasteiger partial charge in [-0.25, -0.2) is 8.78 Å². The van der Waals surface area contributed by atoms with Crippen LogP contribution in [0.15, 0.2) is 33.5 Å². The van der Waals surface area contributed by atoms with Crippen molar-refractivity contribution in [1.82, 2.24) is 0 Å². The summed E-state index contributed by atoms with van der Waals surface area (Å²) in [7, 11) is 0. The molecule has 1 aliphatic rings. The zero-order chi connectivity index (χ0) is 22.0. The predicted molar refractivity (Wildman–Crippen MR) is 89.8 cm³/mol. The molecule has 0 aromatic carbocycles. The Kier molecular flexibility index (Phi) is 7.68. The van der Waals surface area contributed by atoms with E-state index in [0.717, 1.165) is 6.08 Å². The smallest absolute Gasteiger partial charge is 0.459 e. The summed E-state index contributed by atoms with van der Waals surface area (Å²) < 4.78 is 115. The Balaban J connectivity index is 2.65. The summed E-state index contributed by atoms with van der Waals surface area (Å²) in [5, 5.41) is 8.99. The van der Waals surface area contributed by atoms with Crippen LogP contribution >= 0.6 is 22.6 Å². The molecule has 0 bridgehead atoms. The maximum atomic E-state index is 13.8. The number of carboxylic acids is 1. The lowest BCUT2D eigenvalue weighted by molar-refractivity contribution is -0.353. The van der Waals surface area contributed by atoms with Gasteiger partial charge in [0, 0.05) is 10.0 Å². The van der Waals surface area contributed by atoms with Gasteiger partial charge < -0.3 is 5.11 Å². The fraction of sp³-hybridized carbons (Fsp3) is 0.562. The first-order valence-corrected chi connectivity index (χ1v) is 8.77. The van der Waals surface area contributed by atoms with Crippen molar-refractivity contribution in [2.75, 3.05) is 0 Å². The minimum atomic E-state index is -6.40. The first-order valence-electron chi connectivity index (χ1n) is 7.70. The van der Waals surface area contributed by atoms with Crippen molar-refractivity contribution in [2.45, 2.75) is 49.6 Å². The van der Waals surface area contributed by atoms with E-state index in [4.69, 9.17) is 5.11 Å². The molecule has 0 radical (unpaired) electrons. The predicted octanol–water partition coefficient (Wildman–Crippen LogP) is 6.53. The van der Waals surface area contributed by atoms with Gasteiger partial charge in [-0.15, -0.1) is 0 Å². The third kappa shape index (κ3) is 5.66. The largest absolute Gasteiger partial charge is 0.481 e. The molecular weight excluding hydrogens is 522 g/mol. The number of unbranched alkanes of at least 4 members (excludes halogenated alkanes) is 1. The molecule has 0 amide bonds. The van der Waals surface area contributed by atoms with E-state index < -0.39 is 42.3 Å². The molecule has 1 unspecified atom stereocenters. The van der Waals surface area contributed by atoms with Gasteiger partial charge in [0.2, 0.25) is 0 Å². The summed E-state index contributed by atoms with van der Waals surface area (Å²) in [4.78, 5) is 11.1. The topological polar surface area (TPSA) is 37.3 Å². The van der Waals surface area contributed by atoms with Gasteiger partial charge in [-0.05, 0) is 59.6 Å². The van der Waals surface area contributed by atoms with Gasteiger partial charge in [0.25, 0.3) is 5.92 Å². The number of aliphatic carboxylic acids is 1. The van der Waals surface area contributed by atoms with E-state index in [9.17, 15) is 44.3 Å². The van der Waals surface area contributed by atoms with E-state index in [-0.39, 0.29) is 28.4 Å². The van der Waals surface area contributed by atoms with Crippen molar-refractivity contribution in [3.8, 4) is 0 Å². The highest BCUT2D eigenvalue weighted by Crippen LogP contribution is 2.48. The summed E-state index contributed by atoms with van der Waals surface area (Å²) in [6.45, 7) is 0. The monoisotopic (exact) mass is 536 g/mol. The number of rotatable bonds is 8. The zero-order valence-corrected chi connectivity index (χ0v) is 16.0. The number of allylic oxidation sites excluding steroid dienone is 5. The number of alkyl halides is 9. The highest BCUT2D eigenvalue weighted by atomic mass is 127. The molecule has 2 nitrogen and oxygen atoms in total. The lowest BCUT2D eigenvalue weighted by Gasteiger charge is -2.27. The third-order valence-electron chi connectivity index (χ3n) is 3.85. The molecule has 0 saturated carbocycles. The lowest BCUT2D eigenvalue weighted by Crippen LogP contribution is -2.51. The van der Waals surface area contributed by atoms with Gasteiger partial charge in [0.1, 0.15) is 5.92 Å². The van der Waals surface area contributed by atoms with Crippen LogP contribution < -0.4 is 0 Å². The second-order valence-electron chi connectivity index (χ2n) is 6.04. The highest BCUT2D eigenvalue weighted by molar-refractivity contribution is 14.1. The summed E-state index contributed by atoms with van der Waals surface area (Å²) >= 11 is 1.58. The molecule has 0 aromatic heterocycles. The number of carboxylic acid groups (broad SMARTS) is 1. The van der Waals surface area contributed by atoms with E-state index in [2.05, 4.69) is 0 Å². The Morgan fingerprint density at radius 2 is 1.71 bits per heavy atom. The van der Waals surface area contributed by atoms with E-state index in [1.807, 2.05) is 0 Å². The second kappa shape index (κ2) is 8.66. The van der Waals surface area contributed by atoms with Crippen molar-refractivity contribution < 1.29 is 49.4 Å². The van der Waals surface area contributed by atoms with Crippen LogP contribution in [0.25, 0.3) is 0 Å². The normalized spacial score (nSPS) is 20.9. The molecule has 1 aliphatic carbocycles. The van der Waals surface area contributed by atoms with Crippen molar-refractivity contribution in [2.24, 2.45) is 5.92 Å². The van der Waals surface area contributed by atoms with E-state index in [1.165, 1.54) is 6.08 Å². The van der Waals surface area contributed by atoms with Crippen LogP contribution in [0.5, 0.6) is 0 Å². The van der Waals surface area contributed by atoms with Crippen molar-refractivity contribution in [3.63, 3.8) is 0 Å². The SMILES string of the molecule is O=C(O)C1C(CCCC=CCC(F)(F)C(F)(F)C(F)(F)F)=CC(I)=CC1(F)F. The van der Waals surface area contributed by atoms with Gasteiger partial charge in [0.15, 0.2) is 0 Å². The van der Waals surface area contributed by atoms with E-state index >= 15 is 0 Å². The second-order valence-corrected chi connectivity index (χ2v) is 7.28. The first-order chi connectivity index (χ1) is 12.5. The average Bonchev–Trinajstić information content (AvgIpc) is 2.47. The summed E-state index contributed by atoms with van der Waals surface area (Å²) in [5.41, 5.74) is -0.105. The maximum Gasteiger partial charge on any atom is 0.459 e. The van der Waals surface area contributed by atoms with Crippen LogP contribution in [0.3, 0.4) is 0 Å². The van der Waals surface area contributed by atoms with Gasteiger partial charge >= 0.3 is 24.0 Å². The van der Waals surface area contributed by atoms with Crippen LogP contribution in [-0.2, 0) is 4.79 Å². The summed E-state index contributed by atoms with van der Waals surface area (Å²) in [6.07, 6.45) is -5.40. The Labute approximate surface area is 167 Å². The lowest BCUT2D eigenvalue weighted by atomic mass is 9.85. The Hall–Kier alpha value is -1.21. The third-order valence-corrected chi connectivity index (χ3v) is 4.47. The standard InChI is InChI=1S/C16H14F9IO2/c17-13(18)8-10(26)7-9(11(13)12(27)28)5-3-1-2-4-6-14(19,20)15(21,22)16(23,24)25/h2,4,7-8,11H,1,3,5-6H2,(H,27,28). The summed E-state index contributed by atoms with van der Waals surface area (Å²) in [6, 6.07) is 0. The molecule has 0 heterocycles. The number of carbonyl (C=O) groups is 1. The molecule has 160 valence electrons. The van der Waals surface area contributed by atoms with Crippen LogP contribution in [0, 0.1) is 5.92 Å². The molecule has 0 aliphatic heterocycles. The molecule has 0 saturated heterocycles. The fourth-order valence-corrected chi connectivity index (χ4v) is 3.28. The minimum Gasteiger partial charge on any atom is -0.481 e. The molecule has 12 heteroatoms. The molecule has 0 fully saturated rings. The molecule has 0 spiro atoms. The zero-order valence-electron chi connectivity index (χ0n) is 13.9. The van der Waals surface area contributed by atoms with E-state index in [1.54, 1.807) is 22.6 Å². The Bertz CT molecular complexity index is 678. The molecule has 1 atom stereocenters.